The number of hydrogen-bond acceptors (Lipinski definition) is 3. The van der Waals surface area contributed by atoms with Gasteiger partial charge in [-0.2, -0.15) is 5.26 Å². The van der Waals surface area contributed by atoms with E-state index in [1.165, 1.54) is 4.90 Å². The van der Waals surface area contributed by atoms with Gasteiger partial charge in [0.05, 0.1) is 23.7 Å². The zero-order valence-electron chi connectivity index (χ0n) is 12.0. The minimum absolute atomic E-state index is 0.173. The first-order chi connectivity index (χ1) is 10.5. The number of benzene rings is 1. The lowest BCUT2D eigenvalue weighted by molar-refractivity contribution is 0.116. The van der Waals surface area contributed by atoms with Crippen LogP contribution in [-0.2, 0) is 0 Å². The lowest BCUT2D eigenvalue weighted by Crippen LogP contribution is -2.53. The molecule has 3 amide bonds. The largest absolute Gasteiger partial charge is 0.465 e. The fourth-order valence-corrected chi connectivity index (χ4v) is 3.04. The normalized spacial score (nSPS) is 19.9. The van der Waals surface area contributed by atoms with Crippen molar-refractivity contribution in [1.82, 2.24) is 10.2 Å². The molecule has 7 nitrogen and oxygen atoms in total. The van der Waals surface area contributed by atoms with Crippen LogP contribution >= 0.6 is 0 Å². The highest BCUT2D eigenvalue weighted by atomic mass is 16.4. The maximum absolute atomic E-state index is 12.2. The van der Waals surface area contributed by atoms with E-state index in [0.29, 0.717) is 38.0 Å². The van der Waals surface area contributed by atoms with Gasteiger partial charge in [-0.05, 0) is 37.1 Å². The maximum atomic E-state index is 12.2. The molecular formula is C15H16N4O3. The molecule has 114 valence electrons. The van der Waals surface area contributed by atoms with Gasteiger partial charge in [0.1, 0.15) is 0 Å². The molecule has 1 spiro atoms. The molecule has 1 aromatic carbocycles. The second kappa shape index (κ2) is 5.22. The molecule has 3 rings (SSSR count). The van der Waals surface area contributed by atoms with Crippen molar-refractivity contribution in [3.05, 3.63) is 29.8 Å². The van der Waals surface area contributed by atoms with Crippen molar-refractivity contribution in [3.63, 3.8) is 0 Å². The fourth-order valence-electron chi connectivity index (χ4n) is 3.04. The van der Waals surface area contributed by atoms with E-state index >= 15 is 0 Å². The van der Waals surface area contributed by atoms with Crippen LogP contribution in [0.4, 0.5) is 15.3 Å². The van der Waals surface area contributed by atoms with Crippen molar-refractivity contribution in [2.45, 2.75) is 18.4 Å². The van der Waals surface area contributed by atoms with Gasteiger partial charge in [0.15, 0.2) is 0 Å². The zero-order chi connectivity index (χ0) is 15.7. The summed E-state index contributed by atoms with van der Waals surface area (Å²) in [7, 11) is 0. The van der Waals surface area contributed by atoms with E-state index in [4.69, 9.17) is 10.4 Å². The summed E-state index contributed by atoms with van der Waals surface area (Å²) in [5, 5.41) is 20.8. The third kappa shape index (κ3) is 2.44. The van der Waals surface area contributed by atoms with E-state index in [1.54, 1.807) is 29.2 Å². The highest BCUT2D eigenvalue weighted by Crippen LogP contribution is 2.31. The minimum atomic E-state index is -0.914. The predicted molar refractivity (Wildman–Crippen MR) is 78.6 cm³/mol. The number of carbonyl (C=O) groups excluding carboxylic acids is 1. The number of piperidine rings is 1. The van der Waals surface area contributed by atoms with Crippen LogP contribution < -0.4 is 10.2 Å². The first-order valence-electron chi connectivity index (χ1n) is 7.11. The molecule has 0 atom stereocenters. The first-order valence-corrected chi connectivity index (χ1v) is 7.11. The number of amides is 3. The van der Waals surface area contributed by atoms with E-state index in [9.17, 15) is 9.59 Å². The van der Waals surface area contributed by atoms with Crippen LogP contribution in [0.1, 0.15) is 18.4 Å². The van der Waals surface area contributed by atoms with Crippen molar-refractivity contribution >= 4 is 17.8 Å². The molecule has 0 aromatic heterocycles. The summed E-state index contributed by atoms with van der Waals surface area (Å²) in [6.07, 6.45) is 0.304. The van der Waals surface area contributed by atoms with Gasteiger partial charge in [-0.25, -0.2) is 9.59 Å². The Kier molecular flexibility index (Phi) is 3.37. The molecule has 2 N–H and O–H groups in total. The quantitative estimate of drug-likeness (QED) is 0.823. The predicted octanol–water partition coefficient (Wildman–Crippen LogP) is 1.60. The Labute approximate surface area is 127 Å². The zero-order valence-corrected chi connectivity index (χ0v) is 12.0. The maximum Gasteiger partial charge on any atom is 0.407 e. The van der Waals surface area contributed by atoms with Crippen LogP contribution in [0.15, 0.2) is 24.3 Å². The van der Waals surface area contributed by atoms with Crippen LogP contribution in [-0.4, -0.2) is 47.3 Å². The highest BCUT2D eigenvalue weighted by molar-refractivity contribution is 5.95. The SMILES string of the molecule is N#Cc1ccc(N2CC3(CCN(C(=O)O)CC3)NC2=O)cc1. The summed E-state index contributed by atoms with van der Waals surface area (Å²) < 4.78 is 0. The standard InChI is InChI=1S/C15H16N4O3/c16-9-11-1-3-12(4-2-11)19-10-15(17-13(19)20)5-7-18(8-6-15)14(21)22/h1-4H,5-8,10H2,(H,17,20)(H,21,22). The van der Waals surface area contributed by atoms with E-state index in [2.05, 4.69) is 5.32 Å². The van der Waals surface area contributed by atoms with E-state index in [1.807, 2.05) is 6.07 Å². The Balaban J connectivity index is 1.73. The van der Waals surface area contributed by atoms with Crippen molar-refractivity contribution in [1.29, 1.82) is 5.26 Å². The Morgan fingerprint density at radius 1 is 1.27 bits per heavy atom. The van der Waals surface area contributed by atoms with Gasteiger partial charge in [-0.15, -0.1) is 0 Å². The number of hydrogen-bond donors (Lipinski definition) is 2. The molecule has 2 aliphatic heterocycles. The monoisotopic (exact) mass is 300 g/mol. The molecule has 0 unspecified atom stereocenters. The second-order valence-corrected chi connectivity index (χ2v) is 5.72. The topological polar surface area (TPSA) is 96.7 Å². The molecule has 2 aliphatic rings. The van der Waals surface area contributed by atoms with Crippen molar-refractivity contribution < 1.29 is 14.7 Å². The first kappa shape index (κ1) is 14.2. The molecule has 0 bridgehead atoms. The van der Waals surface area contributed by atoms with Crippen LogP contribution in [0, 0.1) is 11.3 Å². The van der Waals surface area contributed by atoms with Crippen molar-refractivity contribution in [3.8, 4) is 6.07 Å². The smallest absolute Gasteiger partial charge is 0.407 e. The number of anilines is 1. The lowest BCUT2D eigenvalue weighted by Gasteiger charge is -2.37. The Bertz CT molecular complexity index is 642. The molecule has 0 aliphatic carbocycles. The van der Waals surface area contributed by atoms with Gasteiger partial charge in [0.25, 0.3) is 0 Å². The Morgan fingerprint density at radius 2 is 1.91 bits per heavy atom. The summed E-state index contributed by atoms with van der Waals surface area (Å²) in [5.74, 6) is 0. The van der Waals surface area contributed by atoms with Crippen molar-refractivity contribution in [2.24, 2.45) is 0 Å². The molecule has 1 aromatic rings. The third-order valence-corrected chi connectivity index (χ3v) is 4.38. The molecule has 2 fully saturated rings. The third-order valence-electron chi connectivity index (χ3n) is 4.38. The van der Waals surface area contributed by atoms with Crippen LogP contribution in [0.5, 0.6) is 0 Å². The number of carbonyl (C=O) groups is 2. The highest BCUT2D eigenvalue weighted by Gasteiger charge is 2.45. The van der Waals surface area contributed by atoms with E-state index in [0.717, 1.165) is 5.69 Å². The summed E-state index contributed by atoms with van der Waals surface area (Å²) >= 11 is 0. The Hall–Kier alpha value is -2.75. The number of carboxylic acid groups (broad SMARTS) is 1. The summed E-state index contributed by atoms with van der Waals surface area (Å²) in [5.41, 5.74) is 0.929. The van der Waals surface area contributed by atoms with Gasteiger partial charge in [0, 0.05) is 18.8 Å². The van der Waals surface area contributed by atoms with Gasteiger partial charge in [-0.1, -0.05) is 0 Å². The number of nitrogens with one attached hydrogen (secondary N) is 1. The Morgan fingerprint density at radius 3 is 2.45 bits per heavy atom. The fraction of sp³-hybridized carbons (Fsp3) is 0.400. The van der Waals surface area contributed by atoms with Gasteiger partial charge in [-0.3, -0.25) is 4.90 Å². The van der Waals surface area contributed by atoms with Crippen LogP contribution in [0.25, 0.3) is 0 Å². The van der Waals surface area contributed by atoms with E-state index in [-0.39, 0.29) is 11.6 Å². The van der Waals surface area contributed by atoms with Gasteiger partial charge < -0.3 is 15.3 Å². The molecule has 7 heteroatoms. The second-order valence-electron chi connectivity index (χ2n) is 5.72. The number of nitriles is 1. The number of likely N-dealkylation sites (tertiary alicyclic amines) is 1. The number of urea groups is 1. The van der Waals surface area contributed by atoms with E-state index < -0.39 is 6.09 Å². The number of nitrogens with zero attached hydrogens (tertiary/aromatic N) is 3. The summed E-state index contributed by atoms with van der Waals surface area (Å²) in [4.78, 5) is 26.2. The summed E-state index contributed by atoms with van der Waals surface area (Å²) in [6, 6.07) is 8.74. The van der Waals surface area contributed by atoms with Gasteiger partial charge >= 0.3 is 12.1 Å². The lowest BCUT2D eigenvalue weighted by atomic mass is 9.88. The molecular weight excluding hydrogens is 284 g/mol. The van der Waals surface area contributed by atoms with Gasteiger partial charge in [0.2, 0.25) is 0 Å². The minimum Gasteiger partial charge on any atom is -0.465 e. The molecule has 0 saturated carbocycles. The molecule has 2 saturated heterocycles. The van der Waals surface area contributed by atoms with Crippen LogP contribution in [0.3, 0.4) is 0 Å². The molecule has 22 heavy (non-hydrogen) atoms. The number of rotatable bonds is 1. The summed E-state index contributed by atoms with van der Waals surface area (Å²) in [6.45, 7) is 1.37. The van der Waals surface area contributed by atoms with Crippen LogP contribution in [0.2, 0.25) is 0 Å². The molecule has 2 heterocycles. The average molecular weight is 300 g/mol. The van der Waals surface area contributed by atoms with Crippen molar-refractivity contribution in [2.75, 3.05) is 24.5 Å². The molecule has 0 radical (unpaired) electrons. The average Bonchev–Trinajstić information content (AvgIpc) is 2.84.